The van der Waals surface area contributed by atoms with Gasteiger partial charge in [-0.3, -0.25) is 4.79 Å². The summed E-state index contributed by atoms with van der Waals surface area (Å²) in [6.45, 7) is 2.88. The van der Waals surface area contributed by atoms with Crippen LogP contribution >= 0.6 is 11.6 Å². The SMILES string of the molecule is COCCn1cnnc1[C@@H](C)NC(=O)c1cc(Cl)ccc1O. The summed E-state index contributed by atoms with van der Waals surface area (Å²) in [6.07, 6.45) is 1.58. The van der Waals surface area contributed by atoms with E-state index >= 15 is 0 Å². The van der Waals surface area contributed by atoms with Gasteiger partial charge in [0.1, 0.15) is 12.1 Å². The maximum absolute atomic E-state index is 12.2. The number of aromatic hydroxyl groups is 1. The van der Waals surface area contributed by atoms with Gasteiger partial charge >= 0.3 is 0 Å². The minimum atomic E-state index is -0.436. The lowest BCUT2D eigenvalue weighted by molar-refractivity contribution is 0.0934. The first-order chi connectivity index (χ1) is 10.5. The second-order valence-electron chi connectivity index (χ2n) is 4.73. The van der Waals surface area contributed by atoms with E-state index in [2.05, 4.69) is 15.5 Å². The predicted molar refractivity (Wildman–Crippen MR) is 80.9 cm³/mol. The van der Waals surface area contributed by atoms with Crippen LogP contribution in [0.25, 0.3) is 0 Å². The van der Waals surface area contributed by atoms with Gasteiger partial charge in [0.25, 0.3) is 5.91 Å². The van der Waals surface area contributed by atoms with Crippen molar-refractivity contribution in [1.29, 1.82) is 0 Å². The van der Waals surface area contributed by atoms with Crippen LogP contribution < -0.4 is 5.32 Å². The second kappa shape index (κ2) is 7.24. The van der Waals surface area contributed by atoms with Crippen molar-refractivity contribution in [3.8, 4) is 5.75 Å². The molecule has 0 aliphatic heterocycles. The second-order valence-corrected chi connectivity index (χ2v) is 5.17. The molecule has 22 heavy (non-hydrogen) atoms. The zero-order valence-electron chi connectivity index (χ0n) is 12.3. The third-order valence-electron chi connectivity index (χ3n) is 3.12. The van der Waals surface area contributed by atoms with E-state index in [0.717, 1.165) is 0 Å². The molecule has 0 spiro atoms. The molecule has 0 radical (unpaired) electrons. The first-order valence-electron chi connectivity index (χ1n) is 6.69. The molecule has 0 aliphatic carbocycles. The molecule has 2 rings (SSSR count). The quantitative estimate of drug-likeness (QED) is 0.845. The number of carbonyl (C=O) groups is 1. The molecule has 0 bridgehead atoms. The predicted octanol–water partition coefficient (Wildman–Crippen LogP) is 1.77. The lowest BCUT2D eigenvalue weighted by Gasteiger charge is -2.15. The molecule has 7 nitrogen and oxygen atoms in total. The van der Waals surface area contributed by atoms with Crippen molar-refractivity contribution in [2.24, 2.45) is 0 Å². The third-order valence-corrected chi connectivity index (χ3v) is 3.36. The van der Waals surface area contributed by atoms with E-state index in [1.807, 2.05) is 0 Å². The van der Waals surface area contributed by atoms with Gasteiger partial charge in [0, 0.05) is 18.7 Å². The number of hydrogen-bond donors (Lipinski definition) is 2. The van der Waals surface area contributed by atoms with Gasteiger partial charge in [-0.2, -0.15) is 0 Å². The molecule has 0 saturated heterocycles. The number of halogens is 1. The van der Waals surface area contributed by atoms with E-state index in [4.69, 9.17) is 16.3 Å². The summed E-state index contributed by atoms with van der Waals surface area (Å²) in [5, 5.41) is 20.7. The number of phenols is 1. The van der Waals surface area contributed by atoms with E-state index in [1.165, 1.54) is 18.2 Å². The standard InChI is InChI=1S/C14H17ClN4O3/c1-9(13-18-16-8-19(13)5-6-22-2)17-14(21)11-7-10(15)3-4-12(11)20/h3-4,7-9,20H,5-6H2,1-2H3,(H,17,21)/t9-/m1/s1. The van der Waals surface area contributed by atoms with Crippen LogP contribution in [0.1, 0.15) is 29.1 Å². The number of carbonyl (C=O) groups excluding carboxylic acids is 1. The number of aromatic nitrogens is 3. The van der Waals surface area contributed by atoms with Crippen LogP contribution in [0, 0.1) is 0 Å². The smallest absolute Gasteiger partial charge is 0.255 e. The molecule has 0 saturated carbocycles. The largest absolute Gasteiger partial charge is 0.507 e. The molecule has 2 N–H and O–H groups in total. The summed E-state index contributed by atoms with van der Waals surface area (Å²) in [6, 6.07) is 3.92. The highest BCUT2D eigenvalue weighted by molar-refractivity contribution is 6.31. The molecular weight excluding hydrogens is 308 g/mol. The Kier molecular flexibility index (Phi) is 5.35. The van der Waals surface area contributed by atoms with Gasteiger partial charge in [0.05, 0.1) is 18.2 Å². The van der Waals surface area contributed by atoms with E-state index in [9.17, 15) is 9.90 Å². The molecule has 1 heterocycles. The fraction of sp³-hybridized carbons (Fsp3) is 0.357. The van der Waals surface area contributed by atoms with Gasteiger partial charge in [0.15, 0.2) is 5.82 Å². The van der Waals surface area contributed by atoms with E-state index in [-0.39, 0.29) is 17.4 Å². The number of methoxy groups -OCH3 is 1. The van der Waals surface area contributed by atoms with Gasteiger partial charge in [-0.25, -0.2) is 0 Å². The van der Waals surface area contributed by atoms with Crippen molar-refractivity contribution in [2.45, 2.75) is 19.5 Å². The van der Waals surface area contributed by atoms with Crippen LogP contribution in [0.4, 0.5) is 0 Å². The highest BCUT2D eigenvalue weighted by atomic mass is 35.5. The number of nitrogens with zero attached hydrogens (tertiary/aromatic N) is 3. The molecule has 0 unspecified atom stereocenters. The third kappa shape index (κ3) is 3.75. The molecule has 0 fully saturated rings. The Hall–Kier alpha value is -2.12. The summed E-state index contributed by atoms with van der Waals surface area (Å²) in [5.74, 6) is 0.0376. The summed E-state index contributed by atoms with van der Waals surface area (Å²) in [7, 11) is 1.61. The number of hydrogen-bond acceptors (Lipinski definition) is 5. The normalized spacial score (nSPS) is 12.1. The first-order valence-corrected chi connectivity index (χ1v) is 7.06. The van der Waals surface area contributed by atoms with Crippen molar-refractivity contribution < 1.29 is 14.6 Å². The highest BCUT2D eigenvalue weighted by Gasteiger charge is 2.18. The Labute approximate surface area is 132 Å². The van der Waals surface area contributed by atoms with Crippen molar-refractivity contribution >= 4 is 17.5 Å². The first kappa shape index (κ1) is 16.3. The summed E-state index contributed by atoms with van der Waals surface area (Å²) < 4.78 is 6.82. The number of ether oxygens (including phenoxy) is 1. The highest BCUT2D eigenvalue weighted by Crippen LogP contribution is 2.22. The summed E-state index contributed by atoms with van der Waals surface area (Å²) >= 11 is 5.85. The van der Waals surface area contributed by atoms with E-state index < -0.39 is 5.91 Å². The van der Waals surface area contributed by atoms with Gasteiger partial charge < -0.3 is 19.7 Å². The number of benzene rings is 1. The molecule has 1 aromatic heterocycles. The van der Waals surface area contributed by atoms with Crippen molar-refractivity contribution in [1.82, 2.24) is 20.1 Å². The van der Waals surface area contributed by atoms with Gasteiger partial charge in [-0.1, -0.05) is 11.6 Å². The lowest BCUT2D eigenvalue weighted by atomic mass is 10.1. The number of phenolic OH excluding ortho intramolecular Hbond substituents is 1. The Morgan fingerprint density at radius 3 is 3.05 bits per heavy atom. The summed E-state index contributed by atoms with van der Waals surface area (Å²) in [5.41, 5.74) is 0.113. The summed E-state index contributed by atoms with van der Waals surface area (Å²) in [4.78, 5) is 12.2. The van der Waals surface area contributed by atoms with Crippen LogP contribution in [0.5, 0.6) is 5.75 Å². The van der Waals surface area contributed by atoms with Gasteiger partial charge in [-0.05, 0) is 25.1 Å². The van der Waals surface area contributed by atoms with E-state index in [1.54, 1.807) is 24.9 Å². The fourth-order valence-corrected chi connectivity index (χ4v) is 2.16. The molecule has 2 aromatic rings. The molecule has 1 aromatic carbocycles. The lowest BCUT2D eigenvalue weighted by Crippen LogP contribution is -2.29. The van der Waals surface area contributed by atoms with E-state index in [0.29, 0.717) is 24.0 Å². The molecule has 8 heteroatoms. The molecule has 0 aliphatic rings. The number of rotatable bonds is 6. The maximum atomic E-state index is 12.2. The molecular formula is C14H17ClN4O3. The molecule has 1 amide bonds. The zero-order chi connectivity index (χ0) is 16.1. The van der Waals surface area contributed by atoms with Crippen LogP contribution in [-0.2, 0) is 11.3 Å². The van der Waals surface area contributed by atoms with Crippen LogP contribution in [-0.4, -0.2) is 39.5 Å². The average molecular weight is 325 g/mol. The maximum Gasteiger partial charge on any atom is 0.255 e. The topological polar surface area (TPSA) is 89.3 Å². The zero-order valence-corrected chi connectivity index (χ0v) is 13.0. The Balaban J connectivity index is 2.11. The number of nitrogens with one attached hydrogen (secondary N) is 1. The Bertz CT molecular complexity index is 659. The minimum absolute atomic E-state index is 0.113. The Morgan fingerprint density at radius 1 is 1.55 bits per heavy atom. The van der Waals surface area contributed by atoms with Crippen LogP contribution in [0.2, 0.25) is 5.02 Å². The van der Waals surface area contributed by atoms with Crippen molar-refractivity contribution in [2.75, 3.05) is 13.7 Å². The molecule has 1 atom stereocenters. The van der Waals surface area contributed by atoms with Gasteiger partial charge in [0.2, 0.25) is 0 Å². The average Bonchev–Trinajstić information content (AvgIpc) is 2.96. The van der Waals surface area contributed by atoms with Crippen LogP contribution in [0.3, 0.4) is 0 Å². The minimum Gasteiger partial charge on any atom is -0.507 e. The molecule has 118 valence electrons. The van der Waals surface area contributed by atoms with Gasteiger partial charge in [-0.15, -0.1) is 10.2 Å². The Morgan fingerprint density at radius 2 is 2.32 bits per heavy atom. The van der Waals surface area contributed by atoms with Crippen molar-refractivity contribution in [3.05, 3.63) is 40.9 Å². The van der Waals surface area contributed by atoms with Crippen LogP contribution in [0.15, 0.2) is 24.5 Å². The monoisotopic (exact) mass is 324 g/mol. The number of amides is 1. The van der Waals surface area contributed by atoms with Crippen molar-refractivity contribution in [3.63, 3.8) is 0 Å². The fourth-order valence-electron chi connectivity index (χ4n) is 1.99.